The third-order valence-corrected chi connectivity index (χ3v) is 5.58. The number of benzene rings is 1. The van der Waals surface area contributed by atoms with Crippen molar-refractivity contribution in [3.05, 3.63) is 23.3 Å². The molecule has 1 aromatic rings. The first-order chi connectivity index (χ1) is 11.9. The van der Waals surface area contributed by atoms with E-state index in [0.29, 0.717) is 23.6 Å². The van der Waals surface area contributed by atoms with Gasteiger partial charge in [-0.1, -0.05) is 25.7 Å². The van der Waals surface area contributed by atoms with Crippen molar-refractivity contribution in [3.63, 3.8) is 0 Å². The Hall–Kier alpha value is -1.75. The molecule has 25 heavy (non-hydrogen) atoms. The molecule has 140 valence electrons. The number of nitrogens with one attached hydrogen (secondary N) is 1. The molecule has 0 aliphatic heterocycles. The number of hydrogen-bond acceptors (Lipinski definition) is 4. The number of methoxy groups -OCH3 is 2. The van der Waals surface area contributed by atoms with Crippen LogP contribution in [0.25, 0.3) is 0 Å². The quantitative estimate of drug-likeness (QED) is 0.801. The van der Waals surface area contributed by atoms with Gasteiger partial charge in [-0.2, -0.15) is 0 Å². The highest BCUT2D eigenvalue weighted by atomic mass is 16.5. The Morgan fingerprint density at radius 1 is 1.08 bits per heavy atom. The molecule has 1 fully saturated rings. The van der Waals surface area contributed by atoms with Crippen LogP contribution in [0.4, 0.5) is 0 Å². The van der Waals surface area contributed by atoms with Gasteiger partial charge in [0.05, 0.1) is 14.2 Å². The van der Waals surface area contributed by atoms with Crippen LogP contribution in [0.3, 0.4) is 0 Å². The van der Waals surface area contributed by atoms with Crippen LogP contribution in [0.15, 0.2) is 12.1 Å². The molecule has 1 aliphatic carbocycles. The maximum Gasteiger partial charge on any atom is 0.251 e. The molecule has 2 rings (SSSR count). The van der Waals surface area contributed by atoms with E-state index in [4.69, 9.17) is 9.47 Å². The molecule has 1 aliphatic rings. The summed E-state index contributed by atoms with van der Waals surface area (Å²) in [6.07, 6.45) is 7.27. The fourth-order valence-electron chi connectivity index (χ4n) is 3.73. The van der Waals surface area contributed by atoms with E-state index in [-0.39, 0.29) is 11.4 Å². The topological polar surface area (TPSA) is 50.8 Å². The van der Waals surface area contributed by atoms with E-state index in [1.54, 1.807) is 26.4 Å². The number of amides is 1. The third kappa shape index (κ3) is 4.46. The number of nitrogens with zero attached hydrogens (tertiary/aromatic N) is 1. The summed E-state index contributed by atoms with van der Waals surface area (Å²) in [5.41, 5.74) is 1.52. The van der Waals surface area contributed by atoms with E-state index in [2.05, 4.69) is 24.3 Å². The molecular formula is C20H32N2O3. The van der Waals surface area contributed by atoms with Crippen molar-refractivity contribution in [2.75, 3.05) is 34.9 Å². The van der Waals surface area contributed by atoms with Gasteiger partial charge in [-0.25, -0.2) is 0 Å². The maximum atomic E-state index is 12.7. The van der Waals surface area contributed by atoms with Crippen LogP contribution >= 0.6 is 0 Å². The predicted octanol–water partition coefficient (Wildman–Crippen LogP) is 3.40. The van der Waals surface area contributed by atoms with E-state index in [1.165, 1.54) is 25.7 Å². The first-order valence-corrected chi connectivity index (χ1v) is 9.12. The number of rotatable bonds is 6. The van der Waals surface area contributed by atoms with Crippen molar-refractivity contribution in [2.24, 2.45) is 0 Å². The average Bonchev–Trinajstić information content (AvgIpc) is 2.86. The van der Waals surface area contributed by atoms with Gasteiger partial charge in [-0.15, -0.1) is 0 Å². The smallest absolute Gasteiger partial charge is 0.251 e. The van der Waals surface area contributed by atoms with Crippen LogP contribution in [0, 0.1) is 6.92 Å². The molecule has 0 aromatic heterocycles. The lowest BCUT2D eigenvalue weighted by Crippen LogP contribution is -2.52. The van der Waals surface area contributed by atoms with E-state index in [9.17, 15) is 4.79 Å². The Labute approximate surface area is 151 Å². The van der Waals surface area contributed by atoms with Crippen molar-refractivity contribution in [3.8, 4) is 11.5 Å². The van der Waals surface area contributed by atoms with Crippen LogP contribution in [0.2, 0.25) is 0 Å². The molecule has 0 unspecified atom stereocenters. The lowest BCUT2D eigenvalue weighted by Gasteiger charge is -2.39. The molecule has 0 radical (unpaired) electrons. The average molecular weight is 348 g/mol. The van der Waals surface area contributed by atoms with Crippen molar-refractivity contribution in [1.29, 1.82) is 0 Å². The molecule has 0 bridgehead atoms. The van der Waals surface area contributed by atoms with Crippen molar-refractivity contribution in [1.82, 2.24) is 10.2 Å². The van der Waals surface area contributed by atoms with Gasteiger partial charge < -0.3 is 19.7 Å². The number of hydrogen-bond donors (Lipinski definition) is 1. The Bertz CT molecular complexity index is 566. The highest BCUT2D eigenvalue weighted by molar-refractivity contribution is 5.95. The summed E-state index contributed by atoms with van der Waals surface area (Å²) >= 11 is 0. The first-order valence-electron chi connectivity index (χ1n) is 9.12. The van der Waals surface area contributed by atoms with Crippen LogP contribution in [0.1, 0.15) is 54.4 Å². The van der Waals surface area contributed by atoms with Gasteiger partial charge in [0.25, 0.3) is 5.91 Å². The second-order valence-electron chi connectivity index (χ2n) is 7.22. The lowest BCUT2D eigenvalue weighted by molar-refractivity contribution is 0.0868. The molecule has 1 N–H and O–H groups in total. The van der Waals surface area contributed by atoms with Gasteiger partial charge in [0.15, 0.2) is 0 Å². The van der Waals surface area contributed by atoms with Gasteiger partial charge in [-0.3, -0.25) is 4.79 Å². The summed E-state index contributed by atoms with van der Waals surface area (Å²) in [6.45, 7) is 2.59. The normalized spacial score (nSPS) is 17.0. The van der Waals surface area contributed by atoms with Gasteiger partial charge in [0, 0.05) is 23.2 Å². The minimum Gasteiger partial charge on any atom is -0.496 e. The Balaban J connectivity index is 2.15. The zero-order chi connectivity index (χ0) is 18.4. The molecule has 0 atom stereocenters. The largest absolute Gasteiger partial charge is 0.496 e. The van der Waals surface area contributed by atoms with Crippen molar-refractivity contribution < 1.29 is 14.3 Å². The van der Waals surface area contributed by atoms with Crippen LogP contribution in [-0.4, -0.2) is 51.2 Å². The van der Waals surface area contributed by atoms with Gasteiger partial charge in [0.1, 0.15) is 11.5 Å². The second kappa shape index (κ2) is 8.56. The molecule has 1 aromatic carbocycles. The minimum absolute atomic E-state index is 0.0467. The highest BCUT2D eigenvalue weighted by Gasteiger charge is 2.33. The van der Waals surface area contributed by atoms with Gasteiger partial charge in [-0.05, 0) is 46.0 Å². The van der Waals surface area contributed by atoms with Gasteiger partial charge in [0.2, 0.25) is 0 Å². The molecule has 0 saturated heterocycles. The third-order valence-electron chi connectivity index (χ3n) is 5.58. The fraction of sp³-hybridized carbons (Fsp3) is 0.650. The molecule has 0 spiro atoms. The predicted molar refractivity (Wildman–Crippen MR) is 101 cm³/mol. The molecule has 1 saturated carbocycles. The zero-order valence-electron chi connectivity index (χ0n) is 16.3. The van der Waals surface area contributed by atoms with Crippen LogP contribution in [0.5, 0.6) is 11.5 Å². The Morgan fingerprint density at radius 3 is 2.04 bits per heavy atom. The second-order valence-corrected chi connectivity index (χ2v) is 7.22. The van der Waals surface area contributed by atoms with E-state index in [0.717, 1.165) is 18.4 Å². The SMILES string of the molecule is COc1cc(C(=O)NCC2(N(C)C)CCCCCC2)cc(OC)c1C. The monoisotopic (exact) mass is 348 g/mol. The Kier molecular flexibility index (Phi) is 6.71. The standard InChI is InChI=1S/C20H32N2O3/c1-15-17(24-4)12-16(13-18(15)25-5)19(23)21-14-20(22(2)3)10-8-6-7-9-11-20/h12-13H,6-11,14H2,1-5H3,(H,21,23). The summed E-state index contributed by atoms with van der Waals surface area (Å²) in [5.74, 6) is 1.25. The number of ether oxygens (including phenoxy) is 2. The number of carbonyl (C=O) groups is 1. The van der Waals surface area contributed by atoms with Crippen molar-refractivity contribution >= 4 is 5.91 Å². The molecule has 1 amide bonds. The number of carbonyl (C=O) groups excluding carboxylic acids is 1. The first kappa shape index (κ1) is 19.6. The molecule has 5 heteroatoms. The molecule has 5 nitrogen and oxygen atoms in total. The van der Waals surface area contributed by atoms with E-state index >= 15 is 0 Å². The summed E-state index contributed by atoms with van der Waals surface area (Å²) in [6, 6.07) is 3.56. The lowest BCUT2D eigenvalue weighted by atomic mass is 9.88. The summed E-state index contributed by atoms with van der Waals surface area (Å²) < 4.78 is 10.8. The number of likely N-dealkylation sites (N-methyl/N-ethyl adjacent to an activating group) is 1. The van der Waals surface area contributed by atoms with E-state index < -0.39 is 0 Å². The summed E-state index contributed by atoms with van der Waals surface area (Å²) in [7, 11) is 7.46. The van der Waals surface area contributed by atoms with E-state index in [1.807, 2.05) is 6.92 Å². The molecule has 0 heterocycles. The van der Waals surface area contributed by atoms with Crippen LogP contribution in [-0.2, 0) is 0 Å². The fourth-order valence-corrected chi connectivity index (χ4v) is 3.73. The minimum atomic E-state index is -0.0814. The molecular weight excluding hydrogens is 316 g/mol. The van der Waals surface area contributed by atoms with Gasteiger partial charge >= 0.3 is 0 Å². The summed E-state index contributed by atoms with van der Waals surface area (Å²) in [5, 5.41) is 3.15. The van der Waals surface area contributed by atoms with Crippen molar-refractivity contribution in [2.45, 2.75) is 51.0 Å². The maximum absolute atomic E-state index is 12.7. The van der Waals surface area contributed by atoms with Crippen LogP contribution < -0.4 is 14.8 Å². The summed E-state index contributed by atoms with van der Waals surface area (Å²) in [4.78, 5) is 15.0. The Morgan fingerprint density at radius 2 is 1.60 bits per heavy atom. The highest BCUT2D eigenvalue weighted by Crippen LogP contribution is 2.32. The zero-order valence-corrected chi connectivity index (χ0v) is 16.3.